The summed E-state index contributed by atoms with van der Waals surface area (Å²) < 4.78 is 23.0. The number of hydrogen-bond donors (Lipinski definition) is 2. The van der Waals surface area contributed by atoms with Crippen molar-refractivity contribution in [2.24, 2.45) is 0 Å². The van der Waals surface area contributed by atoms with E-state index >= 15 is 0 Å². The molecule has 0 spiro atoms. The van der Waals surface area contributed by atoms with Gasteiger partial charge in [0, 0.05) is 12.2 Å². The van der Waals surface area contributed by atoms with Crippen molar-refractivity contribution in [2.45, 2.75) is 20.4 Å². The van der Waals surface area contributed by atoms with Gasteiger partial charge in [-0.1, -0.05) is 18.1 Å². The number of anilines is 3. The third-order valence-electron chi connectivity index (χ3n) is 3.96. The largest absolute Gasteiger partial charge is 0.450 e. The molecule has 158 valence electrons. The highest BCUT2D eigenvalue weighted by Crippen LogP contribution is 2.29. The highest BCUT2D eigenvalue weighted by atomic mass is 19.1. The van der Waals surface area contributed by atoms with Crippen LogP contribution in [0.3, 0.4) is 0 Å². The highest BCUT2D eigenvalue weighted by molar-refractivity contribution is 5.96. The van der Waals surface area contributed by atoms with Gasteiger partial charge < -0.3 is 14.4 Å². The maximum absolute atomic E-state index is 13.2. The molecule has 2 aromatic rings. The van der Waals surface area contributed by atoms with Crippen LogP contribution in [0.25, 0.3) is 0 Å². The quantitative estimate of drug-likeness (QED) is 0.618. The first-order chi connectivity index (χ1) is 14.5. The van der Waals surface area contributed by atoms with Crippen LogP contribution in [0.5, 0.6) is 0 Å². The molecule has 2 N–H and O–H groups in total. The van der Waals surface area contributed by atoms with Gasteiger partial charge in [-0.2, -0.15) is 0 Å². The first-order valence-electron chi connectivity index (χ1n) is 9.41. The molecular weight excluding hydrogens is 389 g/mol. The Balaban J connectivity index is 2.33. The van der Waals surface area contributed by atoms with E-state index in [0.29, 0.717) is 23.6 Å². The van der Waals surface area contributed by atoms with Gasteiger partial charge >= 0.3 is 12.2 Å². The summed E-state index contributed by atoms with van der Waals surface area (Å²) >= 11 is 0. The normalized spacial score (nSPS) is 9.93. The molecule has 0 saturated carbocycles. The number of rotatable bonds is 8. The van der Waals surface area contributed by atoms with Crippen LogP contribution in [0.1, 0.15) is 19.4 Å². The van der Waals surface area contributed by atoms with E-state index in [9.17, 15) is 14.0 Å². The van der Waals surface area contributed by atoms with Gasteiger partial charge in [-0.3, -0.25) is 10.6 Å². The Kier molecular flexibility index (Phi) is 8.51. The van der Waals surface area contributed by atoms with Crippen molar-refractivity contribution in [3.63, 3.8) is 0 Å². The zero-order chi connectivity index (χ0) is 21.9. The second-order valence-corrected chi connectivity index (χ2v) is 6.11. The summed E-state index contributed by atoms with van der Waals surface area (Å²) in [4.78, 5) is 25.6. The van der Waals surface area contributed by atoms with E-state index in [0.717, 1.165) is 5.56 Å². The summed E-state index contributed by atoms with van der Waals surface area (Å²) in [5, 5.41) is 5.19. The van der Waals surface area contributed by atoms with Crippen molar-refractivity contribution in [1.82, 2.24) is 0 Å². The van der Waals surface area contributed by atoms with Crippen LogP contribution in [-0.2, 0) is 16.0 Å². The van der Waals surface area contributed by atoms with Crippen LogP contribution in [-0.4, -0.2) is 31.9 Å². The third-order valence-corrected chi connectivity index (χ3v) is 3.96. The Hall–Kier alpha value is -3.73. The minimum absolute atomic E-state index is 0.194. The van der Waals surface area contributed by atoms with Crippen LogP contribution in [0, 0.1) is 18.2 Å². The number of halogens is 1. The average molecular weight is 413 g/mol. The second-order valence-electron chi connectivity index (χ2n) is 6.11. The van der Waals surface area contributed by atoms with Crippen LogP contribution < -0.4 is 15.5 Å². The topological polar surface area (TPSA) is 79.9 Å². The molecule has 0 aliphatic rings. The van der Waals surface area contributed by atoms with E-state index in [2.05, 4.69) is 16.6 Å². The molecule has 0 atom stereocenters. The highest BCUT2D eigenvalue weighted by Gasteiger charge is 2.15. The molecule has 0 aromatic heterocycles. The zero-order valence-electron chi connectivity index (χ0n) is 16.9. The van der Waals surface area contributed by atoms with Crippen molar-refractivity contribution in [3.05, 3.63) is 53.8 Å². The predicted octanol–water partition coefficient (Wildman–Crippen LogP) is 4.60. The van der Waals surface area contributed by atoms with Gasteiger partial charge in [-0.05, 0) is 49.7 Å². The monoisotopic (exact) mass is 413 g/mol. The SMILES string of the molecule is C#CCN(Cc1ccc(F)cc1)c1ccc(NC(=O)OCC)c(NC(=O)OCC)c1. The van der Waals surface area contributed by atoms with Crippen molar-refractivity contribution in [2.75, 3.05) is 35.3 Å². The minimum atomic E-state index is -0.663. The zero-order valence-corrected chi connectivity index (χ0v) is 16.9. The van der Waals surface area contributed by atoms with E-state index in [4.69, 9.17) is 15.9 Å². The fraction of sp³-hybridized carbons (Fsp3) is 0.273. The van der Waals surface area contributed by atoms with Gasteiger partial charge in [-0.25, -0.2) is 14.0 Å². The van der Waals surface area contributed by atoms with Crippen LogP contribution in [0.15, 0.2) is 42.5 Å². The van der Waals surface area contributed by atoms with Crippen LogP contribution in [0.4, 0.5) is 31.0 Å². The standard InChI is InChI=1S/C22H24FN3O4/c1-4-13-26(15-16-7-9-17(23)10-8-16)18-11-12-19(24-21(27)29-5-2)20(14-18)25-22(28)30-6-3/h1,7-12,14H,5-6,13,15H2,2-3H3,(H,24,27)(H,25,28). The summed E-state index contributed by atoms with van der Waals surface area (Å²) in [5.41, 5.74) is 2.21. The smallest absolute Gasteiger partial charge is 0.411 e. The van der Waals surface area contributed by atoms with Crippen LogP contribution in [0.2, 0.25) is 0 Å². The Morgan fingerprint density at radius 2 is 1.60 bits per heavy atom. The minimum Gasteiger partial charge on any atom is -0.450 e. The summed E-state index contributed by atoms with van der Waals surface area (Å²) in [5.74, 6) is 2.27. The molecule has 30 heavy (non-hydrogen) atoms. The van der Waals surface area contributed by atoms with Crippen molar-refractivity contribution in [3.8, 4) is 12.3 Å². The summed E-state index contributed by atoms with van der Waals surface area (Å²) in [7, 11) is 0. The Morgan fingerprint density at radius 3 is 2.17 bits per heavy atom. The fourth-order valence-electron chi connectivity index (χ4n) is 2.65. The molecule has 0 aliphatic carbocycles. The predicted molar refractivity (Wildman–Crippen MR) is 114 cm³/mol. The van der Waals surface area contributed by atoms with Crippen molar-refractivity contribution < 1.29 is 23.5 Å². The van der Waals surface area contributed by atoms with E-state index in [1.54, 1.807) is 44.2 Å². The number of amides is 2. The molecule has 0 radical (unpaired) electrons. The molecule has 0 bridgehead atoms. The van der Waals surface area contributed by atoms with E-state index in [1.165, 1.54) is 12.1 Å². The molecule has 0 heterocycles. The van der Waals surface area contributed by atoms with Gasteiger partial charge in [0.1, 0.15) is 5.82 Å². The lowest BCUT2D eigenvalue weighted by Gasteiger charge is -2.24. The second kappa shape index (κ2) is 11.3. The Bertz CT molecular complexity index is 910. The molecule has 7 nitrogen and oxygen atoms in total. The van der Waals surface area contributed by atoms with E-state index in [1.807, 2.05) is 4.90 Å². The van der Waals surface area contributed by atoms with Crippen molar-refractivity contribution in [1.29, 1.82) is 0 Å². The van der Waals surface area contributed by atoms with Crippen LogP contribution >= 0.6 is 0 Å². The number of ether oxygens (including phenoxy) is 2. The molecule has 0 unspecified atom stereocenters. The maximum atomic E-state index is 13.2. The summed E-state index contributed by atoms with van der Waals surface area (Å²) in [6, 6.07) is 11.1. The first-order valence-corrected chi connectivity index (χ1v) is 9.41. The Labute approximate surface area is 175 Å². The van der Waals surface area contributed by atoms with Crippen molar-refractivity contribution >= 4 is 29.2 Å². The molecular formula is C22H24FN3O4. The number of carbonyl (C=O) groups is 2. The molecule has 0 fully saturated rings. The van der Waals surface area contributed by atoms with Gasteiger partial charge in [0.15, 0.2) is 0 Å². The van der Waals surface area contributed by atoms with Gasteiger partial charge in [0.2, 0.25) is 0 Å². The summed E-state index contributed by atoms with van der Waals surface area (Å²) in [6.45, 7) is 4.48. The Morgan fingerprint density at radius 1 is 1.00 bits per heavy atom. The molecule has 0 saturated heterocycles. The number of terminal acetylenes is 1. The van der Waals surface area contributed by atoms with E-state index in [-0.39, 0.29) is 25.6 Å². The summed E-state index contributed by atoms with van der Waals surface area (Å²) in [6.07, 6.45) is 4.20. The lowest BCUT2D eigenvalue weighted by Crippen LogP contribution is -2.24. The lowest BCUT2D eigenvalue weighted by molar-refractivity contribution is 0.166. The first kappa shape index (κ1) is 22.6. The molecule has 2 rings (SSSR count). The number of nitrogens with one attached hydrogen (secondary N) is 2. The molecule has 0 aliphatic heterocycles. The number of carbonyl (C=O) groups excluding carboxylic acids is 2. The van der Waals surface area contributed by atoms with Gasteiger partial charge in [0.25, 0.3) is 0 Å². The number of hydrogen-bond acceptors (Lipinski definition) is 5. The number of benzene rings is 2. The van der Waals surface area contributed by atoms with Gasteiger partial charge in [-0.15, -0.1) is 6.42 Å². The van der Waals surface area contributed by atoms with Gasteiger partial charge in [0.05, 0.1) is 31.1 Å². The lowest BCUT2D eigenvalue weighted by atomic mass is 10.1. The molecule has 2 aromatic carbocycles. The maximum Gasteiger partial charge on any atom is 0.411 e. The molecule has 2 amide bonds. The third kappa shape index (κ3) is 6.71. The fourth-order valence-corrected chi connectivity index (χ4v) is 2.65. The van der Waals surface area contributed by atoms with E-state index < -0.39 is 12.2 Å². The average Bonchev–Trinajstić information content (AvgIpc) is 2.71. The molecule has 8 heteroatoms. The number of nitrogens with zero attached hydrogens (tertiary/aromatic N) is 1.